The third-order valence-corrected chi connectivity index (χ3v) is 6.20. The number of carboxylic acid groups (broad SMARTS) is 1. The Balaban J connectivity index is 2.19. The van der Waals surface area contributed by atoms with Gasteiger partial charge in [-0.3, -0.25) is 0 Å². The minimum atomic E-state index is -1.02. The van der Waals surface area contributed by atoms with Crippen molar-refractivity contribution in [3.8, 4) is 22.6 Å². The number of methoxy groups -OCH3 is 1. The molecular formula is C27H25ClFNO4. The second-order valence-electron chi connectivity index (χ2n) is 9.01. The number of hydrogen-bond donors (Lipinski definition) is 2. The first-order valence-corrected chi connectivity index (χ1v) is 11.1. The Morgan fingerprint density at radius 3 is 2.38 bits per heavy atom. The zero-order chi connectivity index (χ0) is 24.8. The van der Waals surface area contributed by atoms with E-state index in [4.69, 9.17) is 16.3 Å². The third-order valence-electron chi connectivity index (χ3n) is 5.98. The fourth-order valence-electron chi connectivity index (χ4n) is 4.53. The Morgan fingerprint density at radius 2 is 1.79 bits per heavy atom. The number of phenolic OH excluding ortho intramolecular Hbond substituents is 1. The molecule has 5 nitrogen and oxygen atoms in total. The number of aromatic nitrogens is 1. The Kier molecular flexibility index (Phi) is 6.14. The molecule has 7 heteroatoms. The minimum absolute atomic E-state index is 0.00754. The molecule has 4 rings (SSSR count). The summed E-state index contributed by atoms with van der Waals surface area (Å²) in [4.78, 5) is 11.4. The summed E-state index contributed by atoms with van der Waals surface area (Å²) in [5.41, 5.74) is 3.70. The zero-order valence-electron chi connectivity index (χ0n) is 19.3. The summed E-state index contributed by atoms with van der Waals surface area (Å²) >= 11 is 6.36. The Morgan fingerprint density at radius 1 is 1.12 bits per heavy atom. The molecule has 1 heterocycles. The first-order valence-electron chi connectivity index (χ1n) is 10.7. The van der Waals surface area contributed by atoms with E-state index in [2.05, 4.69) is 0 Å². The monoisotopic (exact) mass is 481 g/mol. The van der Waals surface area contributed by atoms with E-state index in [0.717, 1.165) is 16.8 Å². The average Bonchev–Trinajstić information content (AvgIpc) is 3.12. The first kappa shape index (κ1) is 23.8. The largest absolute Gasteiger partial charge is 0.507 e. The molecule has 0 aliphatic rings. The smallest absolute Gasteiger partial charge is 0.335 e. The minimum Gasteiger partial charge on any atom is -0.507 e. The van der Waals surface area contributed by atoms with Crippen LogP contribution in [-0.4, -0.2) is 34.5 Å². The lowest BCUT2D eigenvalue weighted by atomic mass is 9.84. The van der Waals surface area contributed by atoms with Crippen molar-refractivity contribution in [1.29, 1.82) is 0 Å². The molecule has 34 heavy (non-hydrogen) atoms. The van der Waals surface area contributed by atoms with Crippen LogP contribution in [0, 0.1) is 12.7 Å². The molecular weight excluding hydrogens is 457 g/mol. The second-order valence-corrected chi connectivity index (χ2v) is 9.45. The van der Waals surface area contributed by atoms with Crippen LogP contribution >= 0.6 is 11.6 Å². The lowest BCUT2D eigenvalue weighted by Crippen LogP contribution is -2.27. The van der Waals surface area contributed by atoms with Gasteiger partial charge in [0.15, 0.2) is 0 Å². The van der Waals surface area contributed by atoms with Crippen molar-refractivity contribution in [3.05, 3.63) is 82.3 Å². The number of phenols is 1. The highest BCUT2D eigenvalue weighted by atomic mass is 35.5. The van der Waals surface area contributed by atoms with E-state index in [9.17, 15) is 19.4 Å². The summed E-state index contributed by atoms with van der Waals surface area (Å²) in [6.45, 7) is 6.09. The Labute approximate surface area is 202 Å². The Hall–Kier alpha value is -3.35. The number of hydrogen-bond acceptors (Lipinski definition) is 3. The number of carbonyl (C=O) groups is 1. The number of aromatic hydroxyl groups is 1. The number of ether oxygens (including phenoxy) is 1. The predicted octanol–water partition coefficient (Wildman–Crippen LogP) is 6.73. The van der Waals surface area contributed by atoms with Crippen molar-refractivity contribution in [2.45, 2.75) is 26.2 Å². The predicted molar refractivity (Wildman–Crippen MR) is 132 cm³/mol. The van der Waals surface area contributed by atoms with Crippen LogP contribution in [0.15, 0.2) is 54.6 Å². The fourth-order valence-corrected chi connectivity index (χ4v) is 4.74. The highest BCUT2D eigenvalue weighted by Crippen LogP contribution is 2.47. The van der Waals surface area contributed by atoms with Crippen molar-refractivity contribution < 1.29 is 24.1 Å². The van der Waals surface area contributed by atoms with Gasteiger partial charge < -0.3 is 19.5 Å². The number of aryl methyl sites for hydroxylation is 1. The average molecular weight is 482 g/mol. The van der Waals surface area contributed by atoms with E-state index < -0.39 is 11.4 Å². The molecule has 0 unspecified atom stereocenters. The maximum absolute atomic E-state index is 14.1. The lowest BCUT2D eigenvalue weighted by Gasteiger charge is -2.28. The summed E-state index contributed by atoms with van der Waals surface area (Å²) in [5.74, 6) is -1.35. The van der Waals surface area contributed by atoms with Crippen LogP contribution in [-0.2, 0) is 10.2 Å². The molecule has 0 fully saturated rings. The highest BCUT2D eigenvalue weighted by Gasteiger charge is 2.33. The summed E-state index contributed by atoms with van der Waals surface area (Å²) in [5, 5.41) is 21.3. The van der Waals surface area contributed by atoms with Gasteiger partial charge in [0.1, 0.15) is 11.6 Å². The van der Waals surface area contributed by atoms with Crippen molar-refractivity contribution in [2.24, 2.45) is 0 Å². The molecule has 0 amide bonds. The number of nitrogens with zero attached hydrogens (tertiary/aromatic N) is 1. The summed E-state index contributed by atoms with van der Waals surface area (Å²) in [6.07, 6.45) is 0. The van der Waals surface area contributed by atoms with Crippen LogP contribution in [0.1, 0.15) is 35.5 Å². The van der Waals surface area contributed by atoms with Crippen LogP contribution in [0.5, 0.6) is 5.75 Å². The number of rotatable bonds is 6. The van der Waals surface area contributed by atoms with Gasteiger partial charge >= 0.3 is 5.97 Å². The van der Waals surface area contributed by atoms with Crippen LogP contribution in [0.4, 0.5) is 4.39 Å². The van der Waals surface area contributed by atoms with E-state index in [-0.39, 0.29) is 17.1 Å². The maximum atomic E-state index is 14.1. The van der Waals surface area contributed by atoms with Crippen LogP contribution in [0.25, 0.3) is 27.7 Å². The lowest BCUT2D eigenvalue weighted by molar-refractivity contribution is 0.0697. The number of carboxylic acids is 1. The molecule has 176 valence electrons. The number of benzene rings is 3. The van der Waals surface area contributed by atoms with Gasteiger partial charge in [0.25, 0.3) is 0 Å². The van der Waals surface area contributed by atoms with E-state index in [1.807, 2.05) is 18.4 Å². The first-order chi connectivity index (χ1) is 16.0. The Bertz CT molecular complexity index is 1410. The number of aromatic carboxylic acids is 1. The van der Waals surface area contributed by atoms with Gasteiger partial charge in [-0.2, -0.15) is 0 Å². The van der Waals surface area contributed by atoms with Gasteiger partial charge in [-0.25, -0.2) is 9.18 Å². The van der Waals surface area contributed by atoms with Crippen molar-refractivity contribution in [3.63, 3.8) is 0 Å². The van der Waals surface area contributed by atoms with Gasteiger partial charge in [-0.05, 0) is 60.5 Å². The standard InChI is InChI=1S/C27H25ClFNO4/c1-15-11-19(9-10-20(15)29)30-21-12-18(28)13-22(31)24(21)23(25(30)27(2,3)14-34-4)16-5-7-17(8-6-16)26(32)33/h5-13,31H,14H2,1-4H3,(H,32,33). The quantitative estimate of drug-likeness (QED) is 0.320. The summed E-state index contributed by atoms with van der Waals surface area (Å²) < 4.78 is 21.7. The number of fused-ring (bicyclic) bond motifs is 1. The molecule has 0 bridgehead atoms. The zero-order valence-corrected chi connectivity index (χ0v) is 20.1. The maximum Gasteiger partial charge on any atom is 0.335 e. The molecule has 0 saturated carbocycles. The van der Waals surface area contributed by atoms with Gasteiger partial charge in [0.05, 0.1) is 23.1 Å². The summed E-state index contributed by atoms with van der Waals surface area (Å²) in [6, 6.07) is 14.6. The van der Waals surface area contributed by atoms with Gasteiger partial charge in [0.2, 0.25) is 0 Å². The molecule has 2 N–H and O–H groups in total. The van der Waals surface area contributed by atoms with E-state index >= 15 is 0 Å². The van der Waals surface area contributed by atoms with Crippen LogP contribution in [0.2, 0.25) is 5.02 Å². The van der Waals surface area contributed by atoms with Gasteiger partial charge in [-0.15, -0.1) is 0 Å². The topological polar surface area (TPSA) is 71.7 Å². The second kappa shape index (κ2) is 8.78. The molecule has 0 spiro atoms. The van der Waals surface area contributed by atoms with E-state index in [1.54, 1.807) is 44.4 Å². The van der Waals surface area contributed by atoms with E-state index in [1.165, 1.54) is 24.3 Å². The molecule has 3 aromatic carbocycles. The van der Waals surface area contributed by atoms with E-state index in [0.29, 0.717) is 33.8 Å². The van der Waals surface area contributed by atoms with Gasteiger partial charge in [-0.1, -0.05) is 37.6 Å². The molecule has 1 aromatic heterocycles. The number of halogens is 2. The van der Waals surface area contributed by atoms with Crippen molar-refractivity contribution in [2.75, 3.05) is 13.7 Å². The van der Waals surface area contributed by atoms with Crippen molar-refractivity contribution in [1.82, 2.24) is 4.57 Å². The molecule has 4 aromatic rings. The summed E-state index contributed by atoms with van der Waals surface area (Å²) in [7, 11) is 1.62. The fraction of sp³-hybridized carbons (Fsp3) is 0.222. The SMILES string of the molecule is COCC(C)(C)c1c(-c2ccc(C(=O)O)cc2)c2c(O)cc(Cl)cc2n1-c1ccc(F)c(C)c1. The highest BCUT2D eigenvalue weighted by molar-refractivity contribution is 6.31. The van der Waals surface area contributed by atoms with Crippen molar-refractivity contribution >= 4 is 28.5 Å². The molecule has 0 aliphatic carbocycles. The third kappa shape index (κ3) is 4.04. The molecule has 0 saturated heterocycles. The molecule has 0 aliphatic heterocycles. The van der Waals surface area contributed by atoms with Crippen LogP contribution < -0.4 is 0 Å². The van der Waals surface area contributed by atoms with Crippen LogP contribution in [0.3, 0.4) is 0 Å². The van der Waals surface area contributed by atoms with Gasteiger partial charge in [0, 0.05) is 34.5 Å². The molecule has 0 atom stereocenters. The normalized spacial score (nSPS) is 11.8. The molecule has 0 radical (unpaired) electrons.